The number of carbonyl (C=O) groups is 1. The normalized spacial score (nSPS) is 19.1. The molecule has 0 amide bonds. The van der Waals surface area contributed by atoms with Crippen LogP contribution in [0.1, 0.15) is 6.42 Å². The largest absolute Gasteiger partial charge is 0.495 e. The SMILES string of the molecule is COc1cc(N2CC[C@H](C(=O)O)C2)nc(F)c1Br. The second-order valence-electron chi connectivity index (χ2n) is 4.06. The Morgan fingerprint density at radius 1 is 1.72 bits per heavy atom. The van der Waals surface area contributed by atoms with Crippen molar-refractivity contribution in [2.45, 2.75) is 6.42 Å². The van der Waals surface area contributed by atoms with Gasteiger partial charge >= 0.3 is 5.97 Å². The Labute approximate surface area is 112 Å². The molecule has 0 bridgehead atoms. The molecule has 5 nitrogen and oxygen atoms in total. The lowest BCUT2D eigenvalue weighted by molar-refractivity contribution is -0.140. The molecule has 1 N–H and O–H groups in total. The van der Waals surface area contributed by atoms with Gasteiger partial charge in [-0.2, -0.15) is 4.39 Å². The molecule has 2 heterocycles. The Kier molecular flexibility index (Phi) is 3.70. The third-order valence-electron chi connectivity index (χ3n) is 2.95. The van der Waals surface area contributed by atoms with Crippen molar-refractivity contribution >= 4 is 27.7 Å². The van der Waals surface area contributed by atoms with Crippen molar-refractivity contribution in [3.8, 4) is 5.75 Å². The molecule has 0 unspecified atom stereocenters. The minimum Gasteiger partial charge on any atom is -0.495 e. The minimum absolute atomic E-state index is 0.169. The van der Waals surface area contributed by atoms with Crippen molar-refractivity contribution in [2.75, 3.05) is 25.1 Å². The number of ether oxygens (including phenoxy) is 1. The van der Waals surface area contributed by atoms with Crippen LogP contribution in [0.2, 0.25) is 0 Å². The van der Waals surface area contributed by atoms with Crippen molar-refractivity contribution in [1.29, 1.82) is 0 Å². The molecule has 0 spiro atoms. The Bertz CT molecular complexity index is 484. The molecule has 1 aliphatic heterocycles. The summed E-state index contributed by atoms with van der Waals surface area (Å²) >= 11 is 3.04. The van der Waals surface area contributed by atoms with E-state index >= 15 is 0 Å². The Morgan fingerprint density at radius 2 is 2.44 bits per heavy atom. The van der Waals surface area contributed by atoms with Gasteiger partial charge in [0.1, 0.15) is 16.0 Å². The van der Waals surface area contributed by atoms with E-state index in [0.29, 0.717) is 31.1 Å². The number of aromatic nitrogens is 1. The molecule has 1 saturated heterocycles. The van der Waals surface area contributed by atoms with E-state index in [1.54, 1.807) is 11.0 Å². The van der Waals surface area contributed by atoms with Crippen molar-refractivity contribution in [2.24, 2.45) is 5.92 Å². The number of hydrogen-bond donors (Lipinski definition) is 1. The molecule has 7 heteroatoms. The van der Waals surface area contributed by atoms with E-state index in [1.807, 2.05) is 0 Å². The van der Waals surface area contributed by atoms with Crippen LogP contribution < -0.4 is 9.64 Å². The number of carboxylic acid groups (broad SMARTS) is 1. The van der Waals surface area contributed by atoms with Gasteiger partial charge in [0.2, 0.25) is 5.95 Å². The summed E-state index contributed by atoms with van der Waals surface area (Å²) in [5.74, 6) is -1.18. The number of nitrogens with zero attached hydrogens (tertiary/aromatic N) is 2. The molecule has 1 aromatic heterocycles. The highest BCUT2D eigenvalue weighted by molar-refractivity contribution is 9.10. The zero-order valence-corrected chi connectivity index (χ0v) is 11.3. The number of rotatable bonds is 3. The Morgan fingerprint density at radius 3 is 3.00 bits per heavy atom. The average Bonchev–Trinajstić information content (AvgIpc) is 2.82. The molecule has 0 radical (unpaired) electrons. The number of anilines is 1. The van der Waals surface area contributed by atoms with Gasteiger partial charge in [-0.25, -0.2) is 4.98 Å². The van der Waals surface area contributed by atoms with Gasteiger partial charge in [0, 0.05) is 19.2 Å². The topological polar surface area (TPSA) is 62.7 Å². The highest BCUT2D eigenvalue weighted by Gasteiger charge is 2.29. The van der Waals surface area contributed by atoms with Crippen molar-refractivity contribution in [1.82, 2.24) is 4.98 Å². The first kappa shape index (κ1) is 13.1. The van der Waals surface area contributed by atoms with E-state index in [-0.39, 0.29) is 4.47 Å². The van der Waals surface area contributed by atoms with Gasteiger partial charge < -0.3 is 14.7 Å². The van der Waals surface area contributed by atoms with E-state index in [1.165, 1.54) is 7.11 Å². The van der Waals surface area contributed by atoms with Gasteiger partial charge in [0.05, 0.1) is 13.0 Å². The van der Waals surface area contributed by atoms with Gasteiger partial charge in [-0.15, -0.1) is 0 Å². The number of pyridine rings is 1. The third-order valence-corrected chi connectivity index (χ3v) is 3.67. The monoisotopic (exact) mass is 318 g/mol. The van der Waals surface area contributed by atoms with E-state index in [9.17, 15) is 9.18 Å². The zero-order chi connectivity index (χ0) is 13.3. The number of methoxy groups -OCH3 is 1. The van der Waals surface area contributed by atoms with Gasteiger partial charge in [0.15, 0.2) is 0 Å². The summed E-state index contributed by atoms with van der Waals surface area (Å²) in [6.45, 7) is 0.890. The average molecular weight is 319 g/mol. The van der Waals surface area contributed by atoms with Crippen LogP contribution in [0.15, 0.2) is 10.5 Å². The number of carboxylic acids is 1. The van der Waals surface area contributed by atoms with E-state index in [0.717, 1.165) is 0 Å². The van der Waals surface area contributed by atoms with Gasteiger partial charge in [-0.1, -0.05) is 0 Å². The maximum absolute atomic E-state index is 13.6. The summed E-state index contributed by atoms with van der Waals surface area (Å²) < 4.78 is 18.8. The molecule has 0 aromatic carbocycles. The molecule has 0 saturated carbocycles. The first-order chi connectivity index (χ1) is 8.52. The fourth-order valence-electron chi connectivity index (χ4n) is 1.94. The summed E-state index contributed by atoms with van der Waals surface area (Å²) in [6.07, 6.45) is 0.539. The zero-order valence-electron chi connectivity index (χ0n) is 9.69. The van der Waals surface area contributed by atoms with Crippen LogP contribution >= 0.6 is 15.9 Å². The first-order valence-electron chi connectivity index (χ1n) is 5.40. The summed E-state index contributed by atoms with van der Waals surface area (Å²) in [5, 5.41) is 8.92. The quantitative estimate of drug-likeness (QED) is 0.862. The van der Waals surface area contributed by atoms with E-state index in [4.69, 9.17) is 9.84 Å². The van der Waals surface area contributed by atoms with Crippen LogP contribution in [-0.2, 0) is 4.79 Å². The summed E-state index contributed by atoms with van der Waals surface area (Å²) in [6, 6.07) is 1.59. The number of halogens is 2. The highest BCUT2D eigenvalue weighted by atomic mass is 79.9. The van der Waals surface area contributed by atoms with Gasteiger partial charge in [0.25, 0.3) is 0 Å². The molecule has 1 fully saturated rings. The molecule has 1 aliphatic rings. The second-order valence-corrected chi connectivity index (χ2v) is 4.85. The van der Waals surface area contributed by atoms with Gasteiger partial charge in [-0.05, 0) is 22.4 Å². The molecule has 0 aliphatic carbocycles. The van der Waals surface area contributed by atoms with E-state index < -0.39 is 17.8 Å². The lowest BCUT2D eigenvalue weighted by atomic mass is 10.1. The molecular weight excluding hydrogens is 307 g/mol. The van der Waals surface area contributed by atoms with E-state index in [2.05, 4.69) is 20.9 Å². The molecule has 1 atom stereocenters. The maximum atomic E-state index is 13.6. The van der Waals surface area contributed by atoms with Gasteiger partial charge in [-0.3, -0.25) is 4.79 Å². The van der Waals surface area contributed by atoms with Crippen LogP contribution in [0.3, 0.4) is 0 Å². The molecule has 2 rings (SSSR count). The fraction of sp³-hybridized carbons (Fsp3) is 0.455. The fourth-order valence-corrected chi connectivity index (χ4v) is 2.31. The predicted molar refractivity (Wildman–Crippen MR) is 66.4 cm³/mol. The first-order valence-corrected chi connectivity index (χ1v) is 6.20. The Hall–Kier alpha value is -1.37. The van der Waals surface area contributed by atoms with Crippen molar-refractivity contribution < 1.29 is 19.0 Å². The van der Waals surface area contributed by atoms with Crippen LogP contribution in [-0.4, -0.2) is 36.3 Å². The lowest BCUT2D eigenvalue weighted by Crippen LogP contribution is -2.23. The smallest absolute Gasteiger partial charge is 0.308 e. The van der Waals surface area contributed by atoms with Crippen LogP contribution in [0.25, 0.3) is 0 Å². The number of hydrogen-bond acceptors (Lipinski definition) is 4. The second kappa shape index (κ2) is 5.09. The summed E-state index contributed by atoms with van der Waals surface area (Å²) in [4.78, 5) is 16.4. The molecule has 18 heavy (non-hydrogen) atoms. The third kappa shape index (κ3) is 2.40. The standard InChI is InChI=1S/C11H12BrFN2O3/c1-18-7-4-8(14-10(13)9(7)12)15-3-2-6(5-15)11(16)17/h4,6H,2-3,5H2,1H3,(H,16,17)/t6-/m0/s1. The molecule has 98 valence electrons. The highest BCUT2D eigenvalue weighted by Crippen LogP contribution is 2.32. The van der Waals surface area contributed by atoms with Crippen LogP contribution in [0.5, 0.6) is 5.75 Å². The Balaban J connectivity index is 2.25. The van der Waals surface area contributed by atoms with Crippen LogP contribution in [0.4, 0.5) is 10.2 Å². The van der Waals surface area contributed by atoms with Crippen LogP contribution in [0, 0.1) is 11.9 Å². The van der Waals surface area contributed by atoms with Crippen molar-refractivity contribution in [3.05, 3.63) is 16.5 Å². The predicted octanol–water partition coefficient (Wildman–Crippen LogP) is 1.90. The summed E-state index contributed by atoms with van der Waals surface area (Å²) in [5.41, 5.74) is 0. The summed E-state index contributed by atoms with van der Waals surface area (Å²) in [7, 11) is 1.44. The lowest BCUT2D eigenvalue weighted by Gasteiger charge is -2.18. The minimum atomic E-state index is -0.831. The number of aliphatic carboxylic acids is 1. The molecular formula is C11H12BrFN2O3. The maximum Gasteiger partial charge on any atom is 0.308 e. The molecule has 1 aromatic rings. The van der Waals surface area contributed by atoms with Crippen molar-refractivity contribution in [3.63, 3.8) is 0 Å².